The molecule has 0 unspecified atom stereocenters. The fourth-order valence-corrected chi connectivity index (χ4v) is 2.23. The lowest BCUT2D eigenvalue weighted by molar-refractivity contribution is 0.576. The first-order valence-electron chi connectivity index (χ1n) is 4.71. The van der Waals surface area contributed by atoms with Gasteiger partial charge in [-0.1, -0.05) is 23.7 Å². The first-order valence-corrected chi connectivity index (χ1v) is 5.08. The Labute approximate surface area is 83.9 Å². The Hall–Kier alpha value is -0.530. The monoisotopic (exact) mass is 195 g/mol. The zero-order valence-electron chi connectivity index (χ0n) is 7.81. The number of hydrogen-bond donors (Lipinski definition) is 1. The summed E-state index contributed by atoms with van der Waals surface area (Å²) in [6.45, 7) is 2.05. The highest BCUT2D eigenvalue weighted by Gasteiger charge is 2.18. The van der Waals surface area contributed by atoms with Gasteiger partial charge in [-0.05, 0) is 42.9 Å². The minimum Gasteiger partial charge on any atom is -0.327 e. The number of rotatable bonds is 0. The minimum absolute atomic E-state index is 0.325. The molecule has 1 nitrogen and oxygen atoms in total. The molecular weight excluding hydrogens is 182 g/mol. The maximum absolute atomic E-state index is 6.22. The fraction of sp³-hybridized carbons (Fsp3) is 0.455. The lowest BCUT2D eigenvalue weighted by Gasteiger charge is -2.22. The van der Waals surface area contributed by atoms with E-state index in [1.165, 1.54) is 16.7 Å². The second kappa shape index (κ2) is 3.32. The maximum atomic E-state index is 6.22. The van der Waals surface area contributed by atoms with Crippen LogP contribution in [0.2, 0.25) is 5.02 Å². The summed E-state index contributed by atoms with van der Waals surface area (Å²) in [6, 6.07) is 4.57. The maximum Gasteiger partial charge on any atom is 0.0469 e. The van der Waals surface area contributed by atoms with Crippen LogP contribution in [0.4, 0.5) is 0 Å². The molecule has 0 heterocycles. The summed E-state index contributed by atoms with van der Waals surface area (Å²) < 4.78 is 0. The van der Waals surface area contributed by atoms with Crippen molar-refractivity contribution in [3.05, 3.63) is 33.8 Å². The molecule has 0 radical (unpaired) electrons. The van der Waals surface area contributed by atoms with Crippen LogP contribution >= 0.6 is 11.6 Å². The third-order valence-corrected chi connectivity index (χ3v) is 3.31. The second-order valence-electron chi connectivity index (χ2n) is 3.84. The zero-order chi connectivity index (χ0) is 9.42. The summed E-state index contributed by atoms with van der Waals surface area (Å²) in [5, 5.41) is 0.949. The predicted molar refractivity (Wildman–Crippen MR) is 56.2 cm³/mol. The third-order valence-electron chi connectivity index (χ3n) is 2.78. The van der Waals surface area contributed by atoms with E-state index in [1.807, 2.05) is 0 Å². The highest BCUT2D eigenvalue weighted by molar-refractivity contribution is 6.32. The van der Waals surface area contributed by atoms with E-state index in [2.05, 4.69) is 19.1 Å². The molecule has 0 aliphatic heterocycles. The quantitative estimate of drug-likeness (QED) is 0.676. The van der Waals surface area contributed by atoms with Gasteiger partial charge in [-0.15, -0.1) is 0 Å². The third kappa shape index (κ3) is 1.59. The first kappa shape index (κ1) is 9.04. The van der Waals surface area contributed by atoms with E-state index < -0.39 is 0 Å². The molecule has 2 N–H and O–H groups in total. The lowest BCUT2D eigenvalue weighted by atomic mass is 9.88. The molecule has 0 amide bonds. The molecule has 13 heavy (non-hydrogen) atoms. The Morgan fingerprint density at radius 3 is 3.00 bits per heavy atom. The van der Waals surface area contributed by atoms with Crippen molar-refractivity contribution in [2.75, 3.05) is 0 Å². The zero-order valence-corrected chi connectivity index (χ0v) is 8.56. The average Bonchev–Trinajstić information content (AvgIpc) is 2.12. The van der Waals surface area contributed by atoms with E-state index in [4.69, 9.17) is 17.3 Å². The SMILES string of the molecule is Cc1ccc2c(c1Cl)CC[C@@H](N)C2. The smallest absolute Gasteiger partial charge is 0.0469 e. The Morgan fingerprint density at radius 1 is 1.46 bits per heavy atom. The molecule has 2 rings (SSSR count). The van der Waals surface area contributed by atoms with Crippen LogP contribution in [0, 0.1) is 6.92 Å². The molecule has 1 aliphatic rings. The van der Waals surface area contributed by atoms with E-state index in [0.717, 1.165) is 24.3 Å². The Kier molecular flexibility index (Phi) is 2.31. The molecule has 70 valence electrons. The van der Waals surface area contributed by atoms with Gasteiger partial charge in [-0.25, -0.2) is 0 Å². The van der Waals surface area contributed by atoms with Crippen LogP contribution < -0.4 is 5.73 Å². The van der Waals surface area contributed by atoms with Gasteiger partial charge < -0.3 is 5.73 Å². The van der Waals surface area contributed by atoms with Crippen molar-refractivity contribution in [3.8, 4) is 0 Å². The van der Waals surface area contributed by atoms with Gasteiger partial charge in [0.2, 0.25) is 0 Å². The van der Waals surface area contributed by atoms with Crippen molar-refractivity contribution >= 4 is 11.6 Å². The summed E-state index contributed by atoms with van der Waals surface area (Å²) in [7, 11) is 0. The molecule has 0 saturated heterocycles. The number of fused-ring (bicyclic) bond motifs is 1. The molecule has 1 aromatic carbocycles. The van der Waals surface area contributed by atoms with Gasteiger partial charge in [-0.2, -0.15) is 0 Å². The van der Waals surface area contributed by atoms with E-state index in [-0.39, 0.29) is 0 Å². The van der Waals surface area contributed by atoms with Crippen molar-refractivity contribution in [3.63, 3.8) is 0 Å². The van der Waals surface area contributed by atoms with Crippen LogP contribution in [0.3, 0.4) is 0 Å². The summed E-state index contributed by atoms with van der Waals surface area (Å²) in [6.07, 6.45) is 3.09. The molecule has 0 aromatic heterocycles. The topological polar surface area (TPSA) is 26.0 Å². The molecule has 1 aliphatic carbocycles. The van der Waals surface area contributed by atoms with E-state index >= 15 is 0 Å². The van der Waals surface area contributed by atoms with Crippen LogP contribution in [0.5, 0.6) is 0 Å². The molecular formula is C11H14ClN. The Morgan fingerprint density at radius 2 is 2.23 bits per heavy atom. The van der Waals surface area contributed by atoms with Gasteiger partial charge in [-0.3, -0.25) is 0 Å². The van der Waals surface area contributed by atoms with Crippen LogP contribution in [-0.4, -0.2) is 6.04 Å². The van der Waals surface area contributed by atoms with Crippen LogP contribution in [0.25, 0.3) is 0 Å². The van der Waals surface area contributed by atoms with Gasteiger partial charge in [0.05, 0.1) is 0 Å². The summed E-state index contributed by atoms with van der Waals surface area (Å²) in [4.78, 5) is 0. The number of nitrogens with two attached hydrogens (primary N) is 1. The molecule has 0 bridgehead atoms. The Balaban J connectivity index is 2.47. The standard InChI is InChI=1S/C11H14ClN/c1-7-2-3-8-6-9(13)4-5-10(8)11(7)12/h2-3,9H,4-6,13H2,1H3/t9-/m1/s1. The van der Waals surface area contributed by atoms with Crippen LogP contribution in [-0.2, 0) is 12.8 Å². The highest BCUT2D eigenvalue weighted by atomic mass is 35.5. The highest BCUT2D eigenvalue weighted by Crippen LogP contribution is 2.29. The summed E-state index contributed by atoms with van der Waals surface area (Å²) >= 11 is 6.22. The van der Waals surface area contributed by atoms with Crippen LogP contribution in [0.15, 0.2) is 12.1 Å². The van der Waals surface area contributed by atoms with Crippen molar-refractivity contribution < 1.29 is 0 Å². The Bertz CT molecular complexity index is 333. The van der Waals surface area contributed by atoms with Crippen molar-refractivity contribution in [1.29, 1.82) is 0 Å². The molecule has 0 fully saturated rings. The van der Waals surface area contributed by atoms with Crippen LogP contribution in [0.1, 0.15) is 23.1 Å². The minimum atomic E-state index is 0.325. The van der Waals surface area contributed by atoms with Gasteiger partial charge in [0.15, 0.2) is 0 Å². The first-order chi connectivity index (χ1) is 6.18. The van der Waals surface area contributed by atoms with E-state index in [1.54, 1.807) is 0 Å². The summed E-state index contributed by atoms with van der Waals surface area (Å²) in [5.41, 5.74) is 9.74. The summed E-state index contributed by atoms with van der Waals surface area (Å²) in [5.74, 6) is 0. The van der Waals surface area contributed by atoms with Gasteiger partial charge in [0.1, 0.15) is 0 Å². The van der Waals surface area contributed by atoms with E-state index in [0.29, 0.717) is 6.04 Å². The van der Waals surface area contributed by atoms with E-state index in [9.17, 15) is 0 Å². The number of benzene rings is 1. The molecule has 0 saturated carbocycles. The van der Waals surface area contributed by atoms with Crippen molar-refractivity contribution in [1.82, 2.24) is 0 Å². The molecule has 1 atom stereocenters. The molecule has 2 heteroatoms. The van der Waals surface area contributed by atoms with Crippen molar-refractivity contribution in [2.45, 2.75) is 32.2 Å². The van der Waals surface area contributed by atoms with Crippen molar-refractivity contribution in [2.24, 2.45) is 5.73 Å². The normalized spacial score (nSPS) is 21.3. The van der Waals surface area contributed by atoms with Gasteiger partial charge in [0, 0.05) is 11.1 Å². The largest absolute Gasteiger partial charge is 0.327 e. The fourth-order valence-electron chi connectivity index (χ4n) is 1.95. The van der Waals surface area contributed by atoms with Gasteiger partial charge >= 0.3 is 0 Å². The lowest BCUT2D eigenvalue weighted by Crippen LogP contribution is -2.28. The van der Waals surface area contributed by atoms with Gasteiger partial charge in [0.25, 0.3) is 0 Å². The molecule has 0 spiro atoms. The second-order valence-corrected chi connectivity index (χ2v) is 4.21. The molecule has 1 aromatic rings. The number of aryl methyl sites for hydroxylation is 1. The average molecular weight is 196 g/mol. The number of hydrogen-bond acceptors (Lipinski definition) is 1. The predicted octanol–water partition coefficient (Wildman–Crippen LogP) is 2.46. The number of halogens is 1.